The van der Waals surface area contributed by atoms with Crippen LogP contribution in [0.2, 0.25) is 0 Å². The molecule has 0 aliphatic carbocycles. The summed E-state index contributed by atoms with van der Waals surface area (Å²) < 4.78 is 5.49. The molecule has 1 N–H and O–H groups in total. The molecule has 1 saturated heterocycles. The van der Waals surface area contributed by atoms with E-state index in [1.165, 1.54) is 4.90 Å². The molecule has 2 aromatic rings. The molecule has 1 aromatic carbocycles. The lowest BCUT2D eigenvalue weighted by atomic mass is 9.92. The standard InChI is InChI=1S/C20H20N4O4/c1-13-11-16(14(2)28-13)20(3)18(26)24(19(27)22-20)12-17(25)23(10-9-21)15-7-5-4-6-8-15/h4-8,11H,10,12H2,1-3H3,(H,22,27). The molecule has 1 atom stereocenters. The summed E-state index contributed by atoms with van der Waals surface area (Å²) in [5.41, 5.74) is -0.244. The van der Waals surface area contributed by atoms with Crippen molar-refractivity contribution in [2.45, 2.75) is 26.3 Å². The predicted octanol–water partition coefficient (Wildman–Crippen LogP) is 2.22. The highest BCUT2D eigenvalue weighted by molar-refractivity contribution is 6.10. The zero-order valence-corrected chi connectivity index (χ0v) is 15.9. The average molecular weight is 380 g/mol. The number of nitriles is 1. The van der Waals surface area contributed by atoms with E-state index < -0.39 is 29.9 Å². The largest absolute Gasteiger partial charge is 0.466 e. The summed E-state index contributed by atoms with van der Waals surface area (Å²) in [7, 11) is 0. The van der Waals surface area contributed by atoms with Gasteiger partial charge >= 0.3 is 6.03 Å². The minimum absolute atomic E-state index is 0.191. The summed E-state index contributed by atoms with van der Waals surface area (Å²) in [6, 6.07) is 11.6. The third kappa shape index (κ3) is 3.22. The molecular formula is C20H20N4O4. The van der Waals surface area contributed by atoms with E-state index in [1.54, 1.807) is 57.2 Å². The maximum absolute atomic E-state index is 13.0. The van der Waals surface area contributed by atoms with E-state index in [9.17, 15) is 14.4 Å². The second-order valence-corrected chi connectivity index (χ2v) is 6.75. The first-order valence-electron chi connectivity index (χ1n) is 8.72. The van der Waals surface area contributed by atoms with Crippen molar-refractivity contribution < 1.29 is 18.8 Å². The van der Waals surface area contributed by atoms with E-state index in [1.807, 2.05) is 6.07 Å². The van der Waals surface area contributed by atoms with Crippen LogP contribution in [0, 0.1) is 25.2 Å². The number of benzene rings is 1. The molecule has 1 fully saturated rings. The van der Waals surface area contributed by atoms with Gasteiger partial charge in [0.15, 0.2) is 0 Å². The van der Waals surface area contributed by atoms with Crippen LogP contribution < -0.4 is 10.2 Å². The third-order valence-electron chi connectivity index (χ3n) is 4.75. The molecule has 4 amide bonds. The number of urea groups is 1. The Morgan fingerprint density at radius 1 is 1.29 bits per heavy atom. The molecule has 1 unspecified atom stereocenters. The fourth-order valence-electron chi connectivity index (χ4n) is 3.37. The molecule has 1 aromatic heterocycles. The van der Waals surface area contributed by atoms with Gasteiger partial charge in [0, 0.05) is 11.3 Å². The molecule has 0 spiro atoms. The van der Waals surface area contributed by atoms with Gasteiger partial charge in [-0.2, -0.15) is 5.26 Å². The highest BCUT2D eigenvalue weighted by Crippen LogP contribution is 2.32. The van der Waals surface area contributed by atoms with Crippen molar-refractivity contribution >= 4 is 23.5 Å². The van der Waals surface area contributed by atoms with Crippen LogP contribution in [-0.4, -0.2) is 35.8 Å². The minimum Gasteiger partial charge on any atom is -0.466 e. The molecule has 8 nitrogen and oxygen atoms in total. The van der Waals surface area contributed by atoms with Crippen LogP contribution in [0.4, 0.5) is 10.5 Å². The van der Waals surface area contributed by atoms with Gasteiger partial charge in [-0.3, -0.25) is 19.4 Å². The van der Waals surface area contributed by atoms with Crippen molar-refractivity contribution in [2.75, 3.05) is 18.0 Å². The first-order valence-corrected chi connectivity index (χ1v) is 8.72. The lowest BCUT2D eigenvalue weighted by Crippen LogP contribution is -2.45. The molecule has 2 heterocycles. The minimum atomic E-state index is -1.31. The molecule has 0 radical (unpaired) electrons. The smallest absolute Gasteiger partial charge is 0.325 e. The normalized spacial score (nSPS) is 18.7. The molecule has 0 bridgehead atoms. The highest BCUT2D eigenvalue weighted by Gasteiger charge is 2.51. The lowest BCUT2D eigenvalue weighted by molar-refractivity contribution is -0.134. The van der Waals surface area contributed by atoms with Gasteiger partial charge in [0.1, 0.15) is 30.1 Å². The van der Waals surface area contributed by atoms with Gasteiger partial charge in [-0.1, -0.05) is 18.2 Å². The van der Waals surface area contributed by atoms with Crippen LogP contribution in [0.3, 0.4) is 0 Å². The highest BCUT2D eigenvalue weighted by atomic mass is 16.3. The number of hydrogen-bond donors (Lipinski definition) is 1. The number of carbonyl (C=O) groups excluding carboxylic acids is 3. The summed E-state index contributed by atoms with van der Waals surface area (Å²) in [4.78, 5) is 40.4. The van der Waals surface area contributed by atoms with Gasteiger partial charge in [0.25, 0.3) is 5.91 Å². The van der Waals surface area contributed by atoms with Gasteiger partial charge in [0.2, 0.25) is 5.91 Å². The van der Waals surface area contributed by atoms with Gasteiger partial charge in [-0.05, 0) is 39.0 Å². The summed E-state index contributed by atoms with van der Waals surface area (Å²) >= 11 is 0. The number of amides is 4. The number of nitrogens with one attached hydrogen (secondary N) is 1. The Kier molecular flexibility index (Phi) is 4.92. The van der Waals surface area contributed by atoms with E-state index >= 15 is 0 Å². The molecule has 28 heavy (non-hydrogen) atoms. The molecule has 0 saturated carbocycles. The summed E-state index contributed by atoms with van der Waals surface area (Å²) in [5.74, 6) is 0.0760. The first kappa shape index (κ1) is 19.2. The molecule has 1 aliphatic rings. The van der Waals surface area contributed by atoms with Crippen molar-refractivity contribution in [3.8, 4) is 6.07 Å². The predicted molar refractivity (Wildman–Crippen MR) is 100 cm³/mol. The van der Waals surface area contributed by atoms with Crippen LogP contribution in [-0.2, 0) is 15.1 Å². The number of carbonyl (C=O) groups is 3. The summed E-state index contributed by atoms with van der Waals surface area (Å²) in [6.07, 6.45) is 0. The molecule has 3 rings (SSSR count). The maximum Gasteiger partial charge on any atom is 0.325 e. The van der Waals surface area contributed by atoms with E-state index in [2.05, 4.69) is 5.32 Å². The number of imide groups is 1. The zero-order valence-electron chi connectivity index (χ0n) is 15.9. The Balaban J connectivity index is 1.85. The van der Waals surface area contributed by atoms with Crippen molar-refractivity contribution in [1.82, 2.24) is 10.2 Å². The zero-order chi connectivity index (χ0) is 20.5. The average Bonchev–Trinajstić information content (AvgIpc) is 3.12. The second kappa shape index (κ2) is 7.19. The summed E-state index contributed by atoms with van der Waals surface area (Å²) in [6.45, 7) is 4.39. The third-order valence-corrected chi connectivity index (χ3v) is 4.75. The molecule has 1 aliphatic heterocycles. The van der Waals surface area contributed by atoms with Crippen molar-refractivity contribution in [1.29, 1.82) is 5.26 Å². The van der Waals surface area contributed by atoms with Gasteiger partial charge in [0.05, 0.1) is 6.07 Å². The number of furan rings is 1. The Hall–Kier alpha value is -3.60. The van der Waals surface area contributed by atoms with Gasteiger partial charge in [-0.15, -0.1) is 0 Å². The van der Waals surface area contributed by atoms with Gasteiger partial charge < -0.3 is 9.73 Å². The van der Waals surface area contributed by atoms with Crippen LogP contribution >= 0.6 is 0 Å². The Morgan fingerprint density at radius 2 is 1.96 bits per heavy atom. The van der Waals surface area contributed by atoms with Crippen LogP contribution in [0.15, 0.2) is 40.8 Å². The second-order valence-electron chi connectivity index (χ2n) is 6.75. The summed E-state index contributed by atoms with van der Waals surface area (Å²) in [5, 5.41) is 11.7. The fraction of sp³-hybridized carbons (Fsp3) is 0.300. The monoisotopic (exact) mass is 380 g/mol. The van der Waals surface area contributed by atoms with E-state index in [-0.39, 0.29) is 6.54 Å². The number of para-hydroxylation sites is 1. The number of aryl methyl sites for hydroxylation is 2. The number of hydrogen-bond acceptors (Lipinski definition) is 5. The van der Waals surface area contributed by atoms with Crippen molar-refractivity contribution in [2.24, 2.45) is 0 Å². The Bertz CT molecular complexity index is 976. The molecule has 8 heteroatoms. The van der Waals surface area contributed by atoms with Crippen molar-refractivity contribution in [3.63, 3.8) is 0 Å². The Morgan fingerprint density at radius 3 is 2.54 bits per heavy atom. The first-order chi connectivity index (χ1) is 13.3. The topological polar surface area (TPSA) is 107 Å². The SMILES string of the molecule is Cc1cc(C2(C)NC(=O)N(CC(=O)N(CC#N)c3ccccc3)C2=O)c(C)o1. The van der Waals surface area contributed by atoms with E-state index in [4.69, 9.17) is 9.68 Å². The lowest BCUT2D eigenvalue weighted by Gasteiger charge is -2.23. The number of nitrogens with zero attached hydrogens (tertiary/aromatic N) is 3. The number of rotatable bonds is 5. The maximum atomic E-state index is 13.0. The van der Waals surface area contributed by atoms with Crippen LogP contribution in [0.25, 0.3) is 0 Å². The van der Waals surface area contributed by atoms with E-state index in [0.29, 0.717) is 22.8 Å². The molecular weight excluding hydrogens is 360 g/mol. The number of anilines is 1. The van der Waals surface area contributed by atoms with Crippen molar-refractivity contribution in [3.05, 3.63) is 53.5 Å². The van der Waals surface area contributed by atoms with Crippen LogP contribution in [0.5, 0.6) is 0 Å². The van der Waals surface area contributed by atoms with E-state index in [0.717, 1.165) is 4.90 Å². The Labute approximate surface area is 162 Å². The van der Waals surface area contributed by atoms with Gasteiger partial charge in [-0.25, -0.2) is 4.79 Å². The fourth-order valence-corrected chi connectivity index (χ4v) is 3.37. The quantitative estimate of drug-likeness (QED) is 0.632. The molecule has 144 valence electrons. The van der Waals surface area contributed by atoms with Crippen LogP contribution in [0.1, 0.15) is 24.0 Å².